The minimum atomic E-state index is -0.981. The molecule has 2 atom stereocenters. The van der Waals surface area contributed by atoms with Gasteiger partial charge in [0.25, 0.3) is 5.91 Å². The molecule has 1 saturated carbocycles. The topological polar surface area (TPSA) is 102 Å². The van der Waals surface area contributed by atoms with Gasteiger partial charge in [-0.3, -0.25) is 14.4 Å². The van der Waals surface area contributed by atoms with E-state index in [4.69, 9.17) is 14.2 Å². The maximum absolute atomic E-state index is 12.4. The Morgan fingerprint density at radius 2 is 1.65 bits per heavy atom. The van der Waals surface area contributed by atoms with Gasteiger partial charge in [-0.1, -0.05) is 12.8 Å². The number of ether oxygens (including phenoxy) is 3. The van der Waals surface area contributed by atoms with Crippen molar-refractivity contribution in [2.24, 2.45) is 5.92 Å². The van der Waals surface area contributed by atoms with E-state index in [0.717, 1.165) is 12.8 Å². The van der Waals surface area contributed by atoms with Crippen molar-refractivity contribution in [3.8, 4) is 17.2 Å². The molecule has 0 bridgehead atoms. The fourth-order valence-corrected chi connectivity index (χ4v) is 3.45. The third-order valence-electron chi connectivity index (χ3n) is 4.64. The Morgan fingerprint density at radius 1 is 1.08 bits per heavy atom. The van der Waals surface area contributed by atoms with Gasteiger partial charge in [-0.15, -0.1) is 0 Å². The fraction of sp³-hybridized carbons (Fsp3) is 0.500. The summed E-state index contributed by atoms with van der Waals surface area (Å²) in [6, 6.07) is 2.45. The van der Waals surface area contributed by atoms with Crippen LogP contribution in [0.15, 0.2) is 12.1 Å². The molecular weight excluding hydrogens is 342 g/mol. The van der Waals surface area contributed by atoms with Crippen LogP contribution in [-0.4, -0.2) is 50.6 Å². The Hall–Kier alpha value is -2.77. The van der Waals surface area contributed by atoms with Crippen molar-refractivity contribution in [3.63, 3.8) is 0 Å². The molecule has 1 aromatic rings. The molecule has 0 aromatic heterocycles. The van der Waals surface area contributed by atoms with E-state index in [0.29, 0.717) is 35.8 Å². The molecule has 1 fully saturated rings. The van der Waals surface area contributed by atoms with E-state index in [-0.39, 0.29) is 6.29 Å². The average molecular weight is 365 g/mol. The average Bonchev–Trinajstić information content (AvgIpc) is 2.67. The number of nitrogens with zero attached hydrogens (tertiary/aromatic N) is 1. The molecule has 1 aromatic carbocycles. The van der Waals surface area contributed by atoms with Crippen LogP contribution in [0.25, 0.3) is 0 Å². The highest BCUT2D eigenvalue weighted by Gasteiger charge is 2.38. The van der Waals surface area contributed by atoms with E-state index in [1.807, 2.05) is 0 Å². The van der Waals surface area contributed by atoms with Crippen LogP contribution in [0.3, 0.4) is 0 Å². The van der Waals surface area contributed by atoms with Crippen molar-refractivity contribution in [2.75, 3.05) is 26.2 Å². The molecule has 0 heterocycles. The van der Waals surface area contributed by atoms with Crippen molar-refractivity contribution < 1.29 is 33.7 Å². The van der Waals surface area contributed by atoms with Gasteiger partial charge >= 0.3 is 5.97 Å². The first-order valence-corrected chi connectivity index (χ1v) is 8.29. The molecule has 1 aliphatic rings. The number of carboxylic acid groups (broad SMARTS) is 1. The van der Waals surface area contributed by atoms with Crippen molar-refractivity contribution in [1.82, 2.24) is 0 Å². The summed E-state index contributed by atoms with van der Waals surface area (Å²) in [5.74, 6) is -1.56. The minimum absolute atomic E-state index is 0.191. The summed E-state index contributed by atoms with van der Waals surface area (Å²) in [6.45, 7) is 0. The number of amides is 1. The standard InChI is InChI=1S/C18H23NO7/c1-24-14-8-11(9-15(25-2)17(14)26-3)19(16(21)10-20)13-7-5-4-6-12(13)18(22)23/h8-10,12-13H,4-7H2,1-3H3,(H,22,23)/t12-,13+/m1/s1. The predicted octanol–water partition coefficient (Wildman–Crippen LogP) is 1.89. The number of methoxy groups -OCH3 is 3. The lowest BCUT2D eigenvalue weighted by molar-refractivity contribution is -0.143. The Morgan fingerprint density at radius 3 is 2.12 bits per heavy atom. The van der Waals surface area contributed by atoms with Crippen LogP contribution in [0.5, 0.6) is 17.2 Å². The molecular formula is C18H23NO7. The van der Waals surface area contributed by atoms with Gasteiger partial charge in [-0.05, 0) is 12.8 Å². The summed E-state index contributed by atoms with van der Waals surface area (Å²) in [5, 5.41) is 9.55. The highest BCUT2D eigenvalue weighted by atomic mass is 16.5. The van der Waals surface area contributed by atoms with Gasteiger partial charge in [0.05, 0.1) is 39.0 Å². The monoisotopic (exact) mass is 365 g/mol. The number of carbonyl (C=O) groups is 3. The fourth-order valence-electron chi connectivity index (χ4n) is 3.45. The van der Waals surface area contributed by atoms with Crippen LogP contribution in [0.4, 0.5) is 5.69 Å². The van der Waals surface area contributed by atoms with E-state index >= 15 is 0 Å². The van der Waals surface area contributed by atoms with Crippen molar-refractivity contribution >= 4 is 23.9 Å². The smallest absolute Gasteiger partial charge is 0.308 e. The first kappa shape index (κ1) is 19.6. The van der Waals surface area contributed by atoms with Crippen LogP contribution >= 0.6 is 0 Å². The Kier molecular flexibility index (Phi) is 6.43. The molecule has 1 amide bonds. The van der Waals surface area contributed by atoms with Gasteiger partial charge in [0.2, 0.25) is 12.0 Å². The molecule has 8 nitrogen and oxygen atoms in total. The summed E-state index contributed by atoms with van der Waals surface area (Å²) in [4.78, 5) is 36.5. The highest BCUT2D eigenvalue weighted by molar-refractivity contribution is 6.30. The minimum Gasteiger partial charge on any atom is -0.493 e. The zero-order chi connectivity index (χ0) is 19.3. The van der Waals surface area contributed by atoms with Crippen molar-refractivity contribution in [3.05, 3.63) is 12.1 Å². The molecule has 1 aliphatic carbocycles. The lowest BCUT2D eigenvalue weighted by Crippen LogP contribution is -2.49. The number of aliphatic carboxylic acids is 1. The molecule has 2 rings (SSSR count). The molecule has 26 heavy (non-hydrogen) atoms. The number of benzene rings is 1. The SMILES string of the molecule is COc1cc(N(C(=O)C=O)[C@H]2CCCC[C@H]2C(=O)O)cc(OC)c1OC. The predicted molar refractivity (Wildman–Crippen MR) is 93.0 cm³/mol. The number of hydrogen-bond donors (Lipinski definition) is 1. The molecule has 0 spiro atoms. The van der Waals surface area contributed by atoms with Crippen molar-refractivity contribution in [1.29, 1.82) is 0 Å². The first-order valence-electron chi connectivity index (χ1n) is 8.29. The van der Waals surface area contributed by atoms with E-state index in [9.17, 15) is 19.5 Å². The summed E-state index contributed by atoms with van der Waals surface area (Å²) in [5.41, 5.74) is 0.328. The normalized spacial score (nSPS) is 19.3. The van der Waals surface area contributed by atoms with Crippen LogP contribution in [0, 0.1) is 5.92 Å². The van der Waals surface area contributed by atoms with Gasteiger partial charge in [-0.25, -0.2) is 0 Å². The molecule has 0 aliphatic heterocycles. The number of anilines is 1. The van der Waals surface area contributed by atoms with Gasteiger partial charge in [-0.2, -0.15) is 0 Å². The molecule has 1 N–H and O–H groups in total. The maximum Gasteiger partial charge on any atom is 0.308 e. The lowest BCUT2D eigenvalue weighted by Gasteiger charge is -2.37. The van der Waals surface area contributed by atoms with Crippen LogP contribution < -0.4 is 19.1 Å². The molecule has 0 radical (unpaired) electrons. The van der Waals surface area contributed by atoms with Crippen LogP contribution in [0.1, 0.15) is 25.7 Å². The number of aldehydes is 1. The van der Waals surface area contributed by atoms with Crippen LogP contribution in [0.2, 0.25) is 0 Å². The highest BCUT2D eigenvalue weighted by Crippen LogP contribution is 2.43. The van der Waals surface area contributed by atoms with Gasteiger partial charge in [0, 0.05) is 12.1 Å². The number of carbonyl (C=O) groups excluding carboxylic acids is 2. The zero-order valence-corrected chi connectivity index (χ0v) is 15.1. The third-order valence-corrected chi connectivity index (χ3v) is 4.64. The summed E-state index contributed by atoms with van der Waals surface area (Å²) < 4.78 is 15.9. The van der Waals surface area contributed by atoms with Gasteiger partial charge in [0.15, 0.2) is 11.5 Å². The number of carboxylic acids is 1. The molecule has 0 unspecified atom stereocenters. The summed E-state index contributed by atoms with van der Waals surface area (Å²) in [7, 11) is 4.33. The van der Waals surface area contributed by atoms with Gasteiger partial charge in [0.1, 0.15) is 0 Å². The summed E-state index contributed by atoms with van der Waals surface area (Å²) >= 11 is 0. The Bertz CT molecular complexity index is 663. The third kappa shape index (κ3) is 3.74. The van der Waals surface area contributed by atoms with E-state index in [1.165, 1.54) is 38.4 Å². The molecule has 142 valence electrons. The van der Waals surface area contributed by atoms with E-state index in [1.54, 1.807) is 0 Å². The van der Waals surface area contributed by atoms with E-state index < -0.39 is 23.8 Å². The summed E-state index contributed by atoms with van der Waals surface area (Å²) in [6.07, 6.45) is 2.68. The Balaban J connectivity index is 2.58. The van der Waals surface area contributed by atoms with Crippen molar-refractivity contribution in [2.45, 2.75) is 31.7 Å². The lowest BCUT2D eigenvalue weighted by atomic mass is 9.83. The van der Waals surface area contributed by atoms with E-state index in [2.05, 4.69) is 0 Å². The molecule has 8 heteroatoms. The zero-order valence-electron chi connectivity index (χ0n) is 15.1. The number of rotatable bonds is 7. The largest absolute Gasteiger partial charge is 0.493 e. The second-order valence-electron chi connectivity index (χ2n) is 6.01. The molecule has 0 saturated heterocycles. The quantitative estimate of drug-likeness (QED) is 0.581. The second kappa shape index (κ2) is 8.55. The first-order chi connectivity index (χ1) is 12.5. The number of hydrogen-bond acceptors (Lipinski definition) is 6. The second-order valence-corrected chi connectivity index (χ2v) is 6.01. The van der Waals surface area contributed by atoms with Crippen LogP contribution in [-0.2, 0) is 14.4 Å². The maximum atomic E-state index is 12.4. The Labute approximate surface area is 151 Å². The van der Waals surface area contributed by atoms with Gasteiger partial charge < -0.3 is 24.2 Å².